The molecular formula is C43H44ClFN8O6. The number of hydrogen-bond acceptors (Lipinski definition) is 10. The molecule has 2 aromatic carbocycles. The van der Waals surface area contributed by atoms with E-state index in [1.54, 1.807) is 18.2 Å². The minimum absolute atomic E-state index is 0.0167. The van der Waals surface area contributed by atoms with Crippen molar-refractivity contribution in [1.29, 1.82) is 0 Å². The van der Waals surface area contributed by atoms with Crippen LogP contribution in [0, 0.1) is 18.3 Å². The predicted molar refractivity (Wildman–Crippen MR) is 215 cm³/mol. The Morgan fingerprint density at radius 1 is 0.814 bits per heavy atom. The second kappa shape index (κ2) is 15.9. The number of nitrogens with one attached hydrogen (secondary N) is 1. The van der Waals surface area contributed by atoms with E-state index in [1.165, 1.54) is 6.07 Å². The lowest BCUT2D eigenvalue weighted by Gasteiger charge is -2.40. The quantitative estimate of drug-likeness (QED) is 0.238. The molecule has 3 saturated heterocycles. The maximum atomic E-state index is 15.5. The minimum Gasteiger partial charge on any atom is -0.490 e. The Hall–Kier alpha value is -5.59. The number of benzene rings is 2. The third-order valence-electron chi connectivity index (χ3n) is 12.9. The van der Waals surface area contributed by atoms with Gasteiger partial charge in [-0.15, -0.1) is 0 Å². The van der Waals surface area contributed by atoms with Crippen LogP contribution in [0.4, 0.5) is 21.6 Å². The summed E-state index contributed by atoms with van der Waals surface area (Å²) in [5.74, 6) is -1.00. The summed E-state index contributed by atoms with van der Waals surface area (Å²) in [6.45, 7) is 12.9. The number of nitrogens with zero attached hydrogens (tertiary/aromatic N) is 7. The molecule has 4 fully saturated rings. The fourth-order valence-corrected chi connectivity index (χ4v) is 9.80. The van der Waals surface area contributed by atoms with Gasteiger partial charge in [0.25, 0.3) is 17.7 Å². The molecule has 1 aliphatic carbocycles. The van der Waals surface area contributed by atoms with Crippen molar-refractivity contribution in [3.8, 4) is 5.75 Å². The average molecular weight is 823 g/mol. The van der Waals surface area contributed by atoms with Crippen molar-refractivity contribution < 1.29 is 33.1 Å². The molecule has 6 heterocycles. The van der Waals surface area contributed by atoms with E-state index in [1.807, 2.05) is 21.9 Å². The number of aromatic nitrogens is 1. The zero-order valence-electron chi connectivity index (χ0n) is 32.5. The fraction of sp³-hybridized carbons (Fsp3) is 0.465. The molecule has 0 spiro atoms. The van der Waals surface area contributed by atoms with Crippen LogP contribution in [0.15, 0.2) is 42.5 Å². The van der Waals surface area contributed by atoms with Crippen LogP contribution in [-0.2, 0) is 16.1 Å². The maximum absolute atomic E-state index is 15.5. The van der Waals surface area contributed by atoms with Crippen LogP contribution in [0.5, 0.6) is 5.75 Å². The molecule has 0 bridgehead atoms. The number of carbonyl (C=O) groups excluding carboxylic acids is 5. The van der Waals surface area contributed by atoms with E-state index in [0.717, 1.165) is 93.7 Å². The van der Waals surface area contributed by atoms with Gasteiger partial charge in [0, 0.05) is 58.3 Å². The summed E-state index contributed by atoms with van der Waals surface area (Å²) >= 11 is 6.20. The van der Waals surface area contributed by atoms with E-state index in [0.29, 0.717) is 47.6 Å². The Morgan fingerprint density at radius 3 is 2.24 bits per heavy atom. The number of piperazine rings is 1. The van der Waals surface area contributed by atoms with E-state index in [2.05, 4.69) is 20.0 Å². The number of pyridine rings is 1. The highest BCUT2D eigenvalue weighted by Crippen LogP contribution is 2.36. The molecule has 14 nitrogen and oxygen atoms in total. The summed E-state index contributed by atoms with van der Waals surface area (Å²) in [6.07, 6.45) is 5.43. The number of hydrogen-bond donors (Lipinski definition) is 1. The molecule has 5 amide bonds. The van der Waals surface area contributed by atoms with Gasteiger partial charge in [-0.05, 0) is 87.3 Å². The highest BCUT2D eigenvalue weighted by atomic mass is 35.5. The molecule has 9 rings (SSSR count). The van der Waals surface area contributed by atoms with Crippen LogP contribution in [-0.4, -0.2) is 113 Å². The normalized spacial score (nSPS) is 24.0. The van der Waals surface area contributed by atoms with Crippen molar-refractivity contribution in [1.82, 2.24) is 25.0 Å². The topological polar surface area (TPSA) is 140 Å². The molecular weight excluding hydrogens is 779 g/mol. The van der Waals surface area contributed by atoms with Crippen molar-refractivity contribution in [3.05, 3.63) is 87.1 Å². The van der Waals surface area contributed by atoms with Crippen molar-refractivity contribution in [3.63, 3.8) is 0 Å². The summed E-state index contributed by atoms with van der Waals surface area (Å²) < 4.78 is 21.6. The van der Waals surface area contributed by atoms with E-state index < -0.39 is 35.5 Å². The number of anilines is 2. The number of ether oxygens (including phenoxy) is 1. The molecule has 3 aromatic rings. The molecule has 1 atom stereocenters. The molecule has 1 unspecified atom stereocenters. The molecule has 1 saturated carbocycles. The zero-order chi connectivity index (χ0) is 40.9. The first-order chi connectivity index (χ1) is 28.5. The van der Waals surface area contributed by atoms with Crippen LogP contribution >= 0.6 is 11.6 Å². The molecule has 306 valence electrons. The highest BCUT2D eigenvalue weighted by Gasteiger charge is 2.45. The number of fused-ring (bicyclic) bond motifs is 2. The lowest BCUT2D eigenvalue weighted by Crippen LogP contribution is -2.54. The summed E-state index contributed by atoms with van der Waals surface area (Å²) in [5.41, 5.74) is 2.20. The molecule has 6 aliphatic rings. The molecule has 0 radical (unpaired) electrons. The monoisotopic (exact) mass is 822 g/mol. The second-order valence-electron chi connectivity index (χ2n) is 16.4. The van der Waals surface area contributed by atoms with Crippen molar-refractivity contribution in [2.24, 2.45) is 5.92 Å². The number of amides is 5. The van der Waals surface area contributed by atoms with E-state index in [9.17, 15) is 24.0 Å². The lowest BCUT2D eigenvalue weighted by molar-refractivity contribution is -0.136. The molecule has 1 N–H and O–H groups in total. The second-order valence-corrected chi connectivity index (χ2v) is 16.8. The molecule has 1 aromatic heterocycles. The summed E-state index contributed by atoms with van der Waals surface area (Å²) in [5, 5.41) is 2.57. The Morgan fingerprint density at radius 2 is 1.54 bits per heavy atom. The summed E-state index contributed by atoms with van der Waals surface area (Å²) in [7, 11) is 0. The van der Waals surface area contributed by atoms with E-state index in [-0.39, 0.29) is 47.7 Å². The van der Waals surface area contributed by atoms with Crippen LogP contribution in [0.3, 0.4) is 0 Å². The fourth-order valence-electron chi connectivity index (χ4n) is 9.59. The summed E-state index contributed by atoms with van der Waals surface area (Å²) in [4.78, 5) is 81.9. The Balaban J connectivity index is 0.739. The smallest absolute Gasteiger partial charge is 0.262 e. The van der Waals surface area contributed by atoms with Gasteiger partial charge >= 0.3 is 0 Å². The third kappa shape index (κ3) is 7.48. The number of piperidine rings is 2. The largest absolute Gasteiger partial charge is 0.490 e. The van der Waals surface area contributed by atoms with Gasteiger partial charge in [-0.25, -0.2) is 14.2 Å². The van der Waals surface area contributed by atoms with Gasteiger partial charge in [-0.3, -0.25) is 39.1 Å². The summed E-state index contributed by atoms with van der Waals surface area (Å²) in [6, 6.07) is 10.6. The SMILES string of the molecule is [C-]#[N+]c1ccc(OC2CCC(N3Cc4nc(N5CCC(CN6CCN(c7cc8c(cc7F)C(=O)N(C7CCC(=O)NC7=O)C8=O)CC6)CC5)ccc4C3=O)CC2)cc1Cl. The minimum atomic E-state index is -1.10. The maximum Gasteiger partial charge on any atom is 0.262 e. The first-order valence-corrected chi connectivity index (χ1v) is 20.8. The van der Waals surface area contributed by atoms with Gasteiger partial charge in [0.1, 0.15) is 23.4 Å². The van der Waals surface area contributed by atoms with Gasteiger partial charge in [-0.2, -0.15) is 0 Å². The van der Waals surface area contributed by atoms with Crippen LogP contribution in [0.2, 0.25) is 5.02 Å². The van der Waals surface area contributed by atoms with Crippen LogP contribution in [0.25, 0.3) is 4.85 Å². The van der Waals surface area contributed by atoms with Gasteiger partial charge < -0.3 is 19.4 Å². The van der Waals surface area contributed by atoms with Crippen molar-refractivity contribution in [2.75, 3.05) is 55.6 Å². The third-order valence-corrected chi connectivity index (χ3v) is 13.2. The van der Waals surface area contributed by atoms with Crippen molar-refractivity contribution in [2.45, 2.75) is 76.1 Å². The first kappa shape index (κ1) is 38.9. The highest BCUT2D eigenvalue weighted by molar-refractivity contribution is 6.33. The zero-order valence-corrected chi connectivity index (χ0v) is 33.3. The molecule has 59 heavy (non-hydrogen) atoms. The Labute approximate surface area is 346 Å². The van der Waals surface area contributed by atoms with Gasteiger partial charge in [0.2, 0.25) is 17.5 Å². The van der Waals surface area contributed by atoms with Crippen molar-refractivity contribution >= 4 is 58.3 Å². The number of rotatable bonds is 8. The molecule has 5 aliphatic heterocycles. The average Bonchev–Trinajstić information content (AvgIpc) is 3.69. The van der Waals surface area contributed by atoms with Gasteiger partial charge in [0.15, 0.2) is 0 Å². The number of halogens is 2. The van der Waals surface area contributed by atoms with E-state index >= 15 is 4.39 Å². The van der Waals surface area contributed by atoms with Gasteiger partial charge in [-0.1, -0.05) is 17.7 Å². The number of imide groups is 2. The van der Waals surface area contributed by atoms with Gasteiger partial charge in [0.05, 0.1) is 52.3 Å². The van der Waals surface area contributed by atoms with Crippen LogP contribution in [0.1, 0.15) is 88.1 Å². The Bertz CT molecular complexity index is 2280. The standard InChI is InChI=1S/C43H44ClFN8O6/c1-46-34-8-6-28(20-32(34)44)59-27-4-2-26(3-5-27)52-24-35-29(41(52)56)7-10-38(47-35)51-14-12-25(13-15-51)23-49-16-18-50(19-17-49)37-22-31-30(21-33(37)45)42(57)53(43(31)58)36-9-11-39(54)48-40(36)55/h6-8,10,20-22,25-27,36H,2-5,9,11-19,23-24H2,(H,48,54,55). The lowest BCUT2D eigenvalue weighted by atomic mass is 9.92. The predicted octanol–water partition coefficient (Wildman–Crippen LogP) is 5.21. The molecule has 16 heteroatoms. The number of carbonyl (C=O) groups is 5. The first-order valence-electron chi connectivity index (χ1n) is 20.5. The van der Waals surface area contributed by atoms with Crippen LogP contribution < -0.4 is 19.9 Å². The Kier molecular flexibility index (Phi) is 10.5. The van der Waals surface area contributed by atoms with E-state index in [4.69, 9.17) is 27.9 Å².